The highest BCUT2D eigenvalue weighted by atomic mass is 35.5. The Hall–Kier alpha value is -3.03. The number of nitrogens with zero attached hydrogens (tertiary/aromatic N) is 1. The fourth-order valence-electron chi connectivity index (χ4n) is 3.91. The lowest BCUT2D eigenvalue weighted by molar-refractivity contribution is -0.114. The summed E-state index contributed by atoms with van der Waals surface area (Å²) < 4.78 is 33.9. The molecule has 1 amide bonds. The maximum Gasteiger partial charge on any atom is 0.264 e. The molecule has 1 N–H and O–H groups in total. The van der Waals surface area contributed by atoms with E-state index >= 15 is 0 Å². The van der Waals surface area contributed by atoms with Crippen LogP contribution in [0.15, 0.2) is 77.7 Å². The van der Waals surface area contributed by atoms with Crippen molar-refractivity contribution in [2.24, 2.45) is 0 Å². The van der Waals surface area contributed by atoms with Crippen LogP contribution in [0.5, 0.6) is 5.75 Å². The third-order valence-corrected chi connectivity index (χ3v) is 7.79. The van der Waals surface area contributed by atoms with Gasteiger partial charge in [-0.25, -0.2) is 8.42 Å². The Labute approximate surface area is 205 Å². The second kappa shape index (κ2) is 10.5. The summed E-state index contributed by atoms with van der Waals surface area (Å²) in [6.07, 6.45) is 4.76. The zero-order valence-electron chi connectivity index (χ0n) is 18.9. The summed E-state index contributed by atoms with van der Waals surface area (Å²) in [5, 5.41) is 3.21. The van der Waals surface area contributed by atoms with Crippen LogP contribution in [-0.4, -0.2) is 27.0 Å². The van der Waals surface area contributed by atoms with Gasteiger partial charge in [-0.2, -0.15) is 0 Å². The van der Waals surface area contributed by atoms with Crippen LogP contribution in [0.25, 0.3) is 0 Å². The van der Waals surface area contributed by atoms with Gasteiger partial charge in [0, 0.05) is 10.7 Å². The number of rotatable bonds is 8. The summed E-state index contributed by atoms with van der Waals surface area (Å²) in [6.45, 7) is 1.53. The van der Waals surface area contributed by atoms with Crippen molar-refractivity contribution >= 4 is 38.9 Å². The first-order valence-corrected chi connectivity index (χ1v) is 13.0. The monoisotopic (exact) mass is 498 g/mol. The molecule has 4 rings (SSSR count). The molecular formula is C26H27ClN2O4S. The van der Waals surface area contributed by atoms with Gasteiger partial charge < -0.3 is 10.1 Å². The molecule has 0 heterocycles. The van der Waals surface area contributed by atoms with E-state index in [1.165, 1.54) is 37.1 Å². The normalized spacial score (nSPS) is 14.1. The van der Waals surface area contributed by atoms with Gasteiger partial charge in [0.2, 0.25) is 5.91 Å². The highest BCUT2D eigenvalue weighted by Crippen LogP contribution is 2.27. The molecule has 0 unspecified atom stereocenters. The molecule has 0 bridgehead atoms. The first kappa shape index (κ1) is 24.1. The topological polar surface area (TPSA) is 75.7 Å². The van der Waals surface area contributed by atoms with Crippen molar-refractivity contribution in [3.05, 3.63) is 83.4 Å². The van der Waals surface area contributed by atoms with Crippen LogP contribution in [0.1, 0.15) is 31.2 Å². The van der Waals surface area contributed by atoms with Crippen LogP contribution >= 0.6 is 11.6 Å². The van der Waals surface area contributed by atoms with Gasteiger partial charge in [-0.15, -0.1) is 0 Å². The van der Waals surface area contributed by atoms with Crippen molar-refractivity contribution in [2.75, 3.05) is 16.2 Å². The van der Waals surface area contributed by atoms with Gasteiger partial charge in [0.25, 0.3) is 10.0 Å². The lowest BCUT2D eigenvalue weighted by Gasteiger charge is -2.24. The minimum absolute atomic E-state index is 0.0543. The number of amides is 1. The van der Waals surface area contributed by atoms with E-state index in [4.69, 9.17) is 16.3 Å². The second-order valence-corrected chi connectivity index (χ2v) is 10.7. The molecule has 0 spiro atoms. The predicted molar refractivity (Wildman–Crippen MR) is 135 cm³/mol. The predicted octanol–water partition coefficient (Wildman–Crippen LogP) is 5.80. The molecule has 1 aliphatic carbocycles. The second-order valence-electron chi connectivity index (χ2n) is 8.40. The quantitative estimate of drug-likeness (QED) is 0.425. The molecule has 1 fully saturated rings. The van der Waals surface area contributed by atoms with Crippen LogP contribution < -0.4 is 14.4 Å². The third-order valence-electron chi connectivity index (χ3n) is 5.75. The molecule has 1 saturated carbocycles. The van der Waals surface area contributed by atoms with Crippen LogP contribution in [0.2, 0.25) is 5.02 Å². The Balaban J connectivity index is 1.51. The molecule has 0 saturated heterocycles. The number of hydrogen-bond donors (Lipinski definition) is 1. The van der Waals surface area contributed by atoms with E-state index in [-0.39, 0.29) is 17.5 Å². The molecule has 0 aromatic heterocycles. The third kappa shape index (κ3) is 5.90. The Morgan fingerprint density at radius 1 is 0.971 bits per heavy atom. The summed E-state index contributed by atoms with van der Waals surface area (Å²) in [5.41, 5.74) is 1.95. The lowest BCUT2D eigenvalue weighted by atomic mass is 10.2. The van der Waals surface area contributed by atoms with Crippen molar-refractivity contribution in [3.8, 4) is 5.75 Å². The van der Waals surface area contributed by atoms with Gasteiger partial charge in [0.05, 0.1) is 16.7 Å². The standard InChI is InChI=1S/C26H27ClN2O4S/c1-19-6-12-22(13-7-19)29(34(31,32)25-16-8-20(27)9-17-25)18-26(30)28-21-10-14-24(15-11-21)33-23-4-2-3-5-23/h6-17,23H,2-5,18H2,1H3,(H,28,30). The molecule has 3 aromatic carbocycles. The van der Waals surface area contributed by atoms with E-state index in [9.17, 15) is 13.2 Å². The summed E-state index contributed by atoms with van der Waals surface area (Å²) in [7, 11) is -4.00. The Morgan fingerprint density at radius 2 is 1.59 bits per heavy atom. The largest absolute Gasteiger partial charge is 0.490 e. The van der Waals surface area contributed by atoms with Crippen molar-refractivity contribution in [2.45, 2.75) is 43.6 Å². The number of benzene rings is 3. The van der Waals surface area contributed by atoms with Crippen LogP contribution in [0.3, 0.4) is 0 Å². The molecule has 0 aliphatic heterocycles. The highest BCUT2D eigenvalue weighted by Gasteiger charge is 2.27. The van der Waals surface area contributed by atoms with Crippen LogP contribution in [0, 0.1) is 6.92 Å². The molecule has 178 valence electrons. The minimum atomic E-state index is -4.00. The van der Waals surface area contributed by atoms with E-state index in [0.29, 0.717) is 16.4 Å². The van der Waals surface area contributed by atoms with Gasteiger partial charge in [0.1, 0.15) is 12.3 Å². The highest BCUT2D eigenvalue weighted by molar-refractivity contribution is 7.92. The zero-order chi connectivity index (χ0) is 24.1. The molecule has 34 heavy (non-hydrogen) atoms. The Bertz CT molecular complexity index is 1220. The van der Waals surface area contributed by atoms with E-state index in [1.54, 1.807) is 36.4 Å². The average molecular weight is 499 g/mol. The number of halogens is 1. The van der Waals surface area contributed by atoms with Gasteiger partial charge in [-0.1, -0.05) is 29.3 Å². The van der Waals surface area contributed by atoms with Crippen molar-refractivity contribution in [1.82, 2.24) is 0 Å². The van der Waals surface area contributed by atoms with E-state index in [1.807, 2.05) is 19.1 Å². The lowest BCUT2D eigenvalue weighted by Crippen LogP contribution is -2.38. The average Bonchev–Trinajstić information content (AvgIpc) is 3.33. The number of carbonyl (C=O) groups excluding carboxylic acids is 1. The van der Waals surface area contributed by atoms with Crippen molar-refractivity contribution in [3.63, 3.8) is 0 Å². The van der Waals surface area contributed by atoms with Gasteiger partial charge >= 0.3 is 0 Å². The molecule has 6 nitrogen and oxygen atoms in total. The number of carbonyl (C=O) groups is 1. The SMILES string of the molecule is Cc1ccc(N(CC(=O)Nc2ccc(OC3CCCC3)cc2)S(=O)(=O)c2ccc(Cl)cc2)cc1. The number of nitrogens with one attached hydrogen (secondary N) is 1. The van der Waals surface area contributed by atoms with Crippen molar-refractivity contribution in [1.29, 1.82) is 0 Å². The Morgan fingerprint density at radius 3 is 2.21 bits per heavy atom. The fourth-order valence-corrected chi connectivity index (χ4v) is 5.45. The molecule has 0 atom stereocenters. The molecule has 0 radical (unpaired) electrons. The van der Waals surface area contributed by atoms with Gasteiger partial charge in [-0.3, -0.25) is 9.10 Å². The van der Waals surface area contributed by atoms with E-state index in [2.05, 4.69) is 5.32 Å². The van der Waals surface area contributed by atoms with Crippen LogP contribution in [0.4, 0.5) is 11.4 Å². The maximum atomic E-state index is 13.4. The van der Waals surface area contributed by atoms with Crippen molar-refractivity contribution < 1.29 is 17.9 Å². The summed E-state index contributed by atoms with van der Waals surface area (Å²) in [6, 6.07) is 20.0. The Kier molecular flexibility index (Phi) is 7.44. The first-order valence-electron chi connectivity index (χ1n) is 11.2. The number of hydrogen-bond acceptors (Lipinski definition) is 4. The summed E-state index contributed by atoms with van der Waals surface area (Å²) in [5.74, 6) is 0.305. The molecule has 1 aliphatic rings. The van der Waals surface area contributed by atoms with Gasteiger partial charge in [0.15, 0.2) is 0 Å². The van der Waals surface area contributed by atoms with Gasteiger partial charge in [-0.05, 0) is 93.3 Å². The summed E-state index contributed by atoms with van der Waals surface area (Å²) >= 11 is 5.93. The van der Waals surface area contributed by atoms with E-state index in [0.717, 1.165) is 28.5 Å². The molecule has 3 aromatic rings. The first-order chi connectivity index (χ1) is 16.3. The number of aryl methyl sites for hydroxylation is 1. The number of anilines is 2. The smallest absolute Gasteiger partial charge is 0.264 e. The molecular weight excluding hydrogens is 472 g/mol. The summed E-state index contributed by atoms with van der Waals surface area (Å²) in [4.78, 5) is 12.9. The maximum absolute atomic E-state index is 13.4. The van der Waals surface area contributed by atoms with E-state index < -0.39 is 15.9 Å². The minimum Gasteiger partial charge on any atom is -0.490 e. The molecule has 8 heteroatoms. The fraction of sp³-hybridized carbons (Fsp3) is 0.269. The van der Waals surface area contributed by atoms with Crippen LogP contribution in [-0.2, 0) is 14.8 Å². The number of ether oxygens (including phenoxy) is 1. The zero-order valence-corrected chi connectivity index (χ0v) is 20.5. The number of sulfonamides is 1.